The second-order valence-electron chi connectivity index (χ2n) is 12.6. The summed E-state index contributed by atoms with van der Waals surface area (Å²) in [6.07, 6.45) is 41.4. The second-order valence-corrected chi connectivity index (χ2v) is 12.6. The van der Waals surface area contributed by atoms with Crippen LogP contribution >= 0.6 is 0 Å². The Bertz CT molecular complexity index is 1160. The summed E-state index contributed by atoms with van der Waals surface area (Å²) in [6, 6.07) is 0.920. The van der Waals surface area contributed by atoms with E-state index in [1.54, 1.807) is 37.3 Å². The number of carbonyl (C=O) groups is 1. The highest BCUT2D eigenvalue weighted by atomic mass is 16.4. The number of nitrogens with one attached hydrogen (secondary N) is 1. The van der Waals surface area contributed by atoms with Crippen molar-refractivity contribution in [3.63, 3.8) is 0 Å². The number of aliphatic hydroxyl groups is 3. The number of carboxylic acids is 1. The van der Waals surface area contributed by atoms with Gasteiger partial charge >= 0.3 is 5.97 Å². The van der Waals surface area contributed by atoms with Crippen molar-refractivity contribution < 1.29 is 25.2 Å². The van der Waals surface area contributed by atoms with E-state index < -0.39 is 18.2 Å². The summed E-state index contributed by atoms with van der Waals surface area (Å²) >= 11 is 0. The molecule has 0 aliphatic heterocycles. The lowest BCUT2D eigenvalue weighted by molar-refractivity contribution is -0.132. The zero-order chi connectivity index (χ0) is 34.9. The maximum absolute atomic E-state index is 10.7. The number of allylic oxidation sites excluding steroid dienone is 16. The van der Waals surface area contributed by atoms with Gasteiger partial charge in [0.25, 0.3) is 0 Å². The lowest BCUT2D eigenvalue weighted by Crippen LogP contribution is -2.42. The SMILES string of the molecule is C\C(=C/C=C/C=C/CC/C=C/C(C)C(O)C(C)C(O)/C=C/C=C/C=C/C=C/C=C/C=C/CC(O)C(C)C(C)NC1CCCC1)C(=O)O. The monoisotopic (exact) mass is 647 g/mol. The predicted octanol–water partition coefficient (Wildman–Crippen LogP) is 8.11. The zero-order valence-electron chi connectivity index (χ0n) is 29.2. The molecule has 0 spiro atoms. The molecule has 0 saturated heterocycles. The fourth-order valence-corrected chi connectivity index (χ4v) is 5.14. The molecule has 47 heavy (non-hydrogen) atoms. The van der Waals surface area contributed by atoms with Gasteiger partial charge in [0.15, 0.2) is 0 Å². The predicted molar refractivity (Wildman–Crippen MR) is 198 cm³/mol. The van der Waals surface area contributed by atoms with Gasteiger partial charge in [0.2, 0.25) is 0 Å². The minimum absolute atomic E-state index is 0.0940. The Morgan fingerprint density at radius 3 is 1.85 bits per heavy atom. The van der Waals surface area contributed by atoms with Crippen molar-refractivity contribution in [2.45, 2.75) is 110 Å². The number of unbranched alkanes of at least 4 members (excludes halogenated alkanes) is 1. The largest absolute Gasteiger partial charge is 0.478 e. The van der Waals surface area contributed by atoms with Crippen molar-refractivity contribution in [3.8, 4) is 0 Å². The van der Waals surface area contributed by atoms with Crippen LogP contribution in [0.4, 0.5) is 0 Å². The van der Waals surface area contributed by atoms with Crippen LogP contribution < -0.4 is 5.32 Å². The molecule has 5 N–H and O–H groups in total. The topological polar surface area (TPSA) is 110 Å². The smallest absolute Gasteiger partial charge is 0.331 e. The molecular formula is C41H61NO5. The van der Waals surface area contributed by atoms with Crippen LogP contribution in [0.3, 0.4) is 0 Å². The van der Waals surface area contributed by atoms with Gasteiger partial charge in [-0.3, -0.25) is 0 Å². The van der Waals surface area contributed by atoms with Gasteiger partial charge in [0.05, 0.1) is 18.3 Å². The molecule has 7 atom stereocenters. The van der Waals surface area contributed by atoms with Gasteiger partial charge in [-0.25, -0.2) is 4.79 Å². The van der Waals surface area contributed by atoms with E-state index in [0.29, 0.717) is 18.5 Å². The van der Waals surface area contributed by atoms with Crippen LogP contribution in [0.2, 0.25) is 0 Å². The van der Waals surface area contributed by atoms with Crippen LogP contribution in [0.25, 0.3) is 0 Å². The summed E-state index contributed by atoms with van der Waals surface area (Å²) < 4.78 is 0. The van der Waals surface area contributed by atoms with Crippen molar-refractivity contribution in [1.29, 1.82) is 0 Å². The van der Waals surface area contributed by atoms with Crippen LogP contribution in [-0.4, -0.2) is 56.8 Å². The van der Waals surface area contributed by atoms with Crippen LogP contribution in [0.1, 0.15) is 79.6 Å². The molecule has 6 heteroatoms. The van der Waals surface area contributed by atoms with Crippen molar-refractivity contribution in [3.05, 3.63) is 121 Å². The van der Waals surface area contributed by atoms with Gasteiger partial charge in [-0.05, 0) is 51.9 Å². The van der Waals surface area contributed by atoms with Gasteiger partial charge in [0.1, 0.15) is 0 Å². The molecule has 7 unspecified atom stereocenters. The highest BCUT2D eigenvalue weighted by Crippen LogP contribution is 2.21. The first-order valence-corrected chi connectivity index (χ1v) is 17.2. The molecule has 1 aliphatic carbocycles. The van der Waals surface area contributed by atoms with Crippen LogP contribution in [0.5, 0.6) is 0 Å². The van der Waals surface area contributed by atoms with E-state index in [9.17, 15) is 20.1 Å². The Morgan fingerprint density at radius 2 is 1.23 bits per heavy atom. The molecule has 0 amide bonds. The Balaban J connectivity index is 2.29. The minimum Gasteiger partial charge on any atom is -0.478 e. The third kappa shape index (κ3) is 19.9. The lowest BCUT2D eigenvalue weighted by atomic mass is 9.88. The number of rotatable bonds is 22. The van der Waals surface area contributed by atoms with E-state index >= 15 is 0 Å². The molecule has 1 fully saturated rings. The molecule has 260 valence electrons. The maximum atomic E-state index is 10.7. The van der Waals surface area contributed by atoms with E-state index in [2.05, 4.69) is 19.2 Å². The second kappa shape index (κ2) is 25.8. The number of aliphatic carboxylic acids is 1. The van der Waals surface area contributed by atoms with Gasteiger partial charge in [-0.15, -0.1) is 0 Å². The molecule has 0 heterocycles. The summed E-state index contributed by atoms with van der Waals surface area (Å²) in [5, 5.41) is 44.2. The van der Waals surface area contributed by atoms with E-state index in [0.717, 1.165) is 12.8 Å². The van der Waals surface area contributed by atoms with Gasteiger partial charge in [-0.1, -0.05) is 149 Å². The van der Waals surface area contributed by atoms with E-state index in [1.165, 1.54) is 25.7 Å². The van der Waals surface area contributed by atoms with Gasteiger partial charge in [0, 0.05) is 29.5 Å². The van der Waals surface area contributed by atoms with Crippen LogP contribution in [-0.2, 0) is 4.79 Å². The summed E-state index contributed by atoms with van der Waals surface area (Å²) in [4.78, 5) is 10.7. The third-order valence-electron chi connectivity index (χ3n) is 8.67. The maximum Gasteiger partial charge on any atom is 0.331 e. The first-order valence-electron chi connectivity index (χ1n) is 17.2. The fraction of sp³-hybridized carbons (Fsp3) is 0.488. The first kappa shape index (κ1) is 41.7. The summed E-state index contributed by atoms with van der Waals surface area (Å²) in [6.45, 7) is 9.63. The number of aliphatic hydroxyl groups excluding tert-OH is 3. The van der Waals surface area contributed by atoms with Crippen molar-refractivity contribution in [1.82, 2.24) is 5.32 Å². The normalized spacial score (nSPS) is 20.5. The van der Waals surface area contributed by atoms with E-state index in [1.807, 2.05) is 98.9 Å². The highest BCUT2D eigenvalue weighted by molar-refractivity contribution is 5.86. The number of hydrogen-bond donors (Lipinski definition) is 5. The van der Waals surface area contributed by atoms with E-state index in [4.69, 9.17) is 5.11 Å². The van der Waals surface area contributed by atoms with Crippen LogP contribution in [0, 0.1) is 17.8 Å². The zero-order valence-corrected chi connectivity index (χ0v) is 29.2. The van der Waals surface area contributed by atoms with Crippen molar-refractivity contribution >= 4 is 5.97 Å². The average Bonchev–Trinajstić information content (AvgIpc) is 3.57. The molecule has 0 bridgehead atoms. The Kier molecular flexibility index (Phi) is 22.9. The summed E-state index contributed by atoms with van der Waals surface area (Å²) in [5.41, 5.74) is 0.289. The van der Waals surface area contributed by atoms with Crippen molar-refractivity contribution in [2.24, 2.45) is 17.8 Å². The Morgan fingerprint density at radius 1 is 0.702 bits per heavy atom. The molecular weight excluding hydrogens is 586 g/mol. The first-order chi connectivity index (χ1) is 22.5. The molecule has 0 aromatic heterocycles. The standard InChI is InChI=1S/C41H61NO5/c1-32(26-20-16-12-11-13-17-21-27-33(2)41(46)47)40(45)35(4)39(44)31-23-19-15-10-8-6-7-9-14-18-22-30-38(43)34(3)36(5)42-37-28-24-25-29-37/h6-11,13-15,17-23,26-27,31-32,34-40,42-45H,12,16,24-25,28-30H2,1-5H3,(H,46,47)/b7-6+,10-8+,13-11+,14-9+,19-15+,21-17+,22-18+,26-20+,31-23+,33-27+. The summed E-state index contributed by atoms with van der Waals surface area (Å²) in [5.74, 6) is -1.13. The molecule has 1 rings (SSSR count). The van der Waals surface area contributed by atoms with Crippen LogP contribution in [0.15, 0.2) is 121 Å². The molecule has 1 aliphatic rings. The minimum atomic E-state index is -0.924. The average molecular weight is 648 g/mol. The molecule has 0 radical (unpaired) electrons. The number of carboxylic acid groups (broad SMARTS) is 1. The third-order valence-corrected chi connectivity index (χ3v) is 8.67. The van der Waals surface area contributed by atoms with Crippen molar-refractivity contribution in [2.75, 3.05) is 0 Å². The molecule has 0 aromatic carbocycles. The fourth-order valence-electron chi connectivity index (χ4n) is 5.14. The lowest BCUT2D eigenvalue weighted by Gasteiger charge is -2.28. The van der Waals surface area contributed by atoms with Gasteiger partial charge < -0.3 is 25.7 Å². The highest BCUT2D eigenvalue weighted by Gasteiger charge is 2.25. The van der Waals surface area contributed by atoms with E-state index in [-0.39, 0.29) is 29.4 Å². The molecule has 1 saturated carbocycles. The molecule has 6 nitrogen and oxygen atoms in total. The Labute approximate surface area is 284 Å². The molecule has 0 aromatic rings. The van der Waals surface area contributed by atoms with Gasteiger partial charge in [-0.2, -0.15) is 0 Å². The quantitative estimate of drug-likeness (QED) is 0.0352. The summed E-state index contributed by atoms with van der Waals surface area (Å²) in [7, 11) is 0. The number of hydrogen-bond acceptors (Lipinski definition) is 5. The Hall–Kier alpha value is -3.29.